The molecule has 0 saturated heterocycles. The molecule has 1 aliphatic rings. The Labute approximate surface area is 151 Å². The zero-order valence-electron chi connectivity index (χ0n) is 13.8. The minimum atomic E-state index is -0.0818. The molecule has 1 N–H and O–H groups in total. The fourth-order valence-corrected chi connectivity index (χ4v) is 2.81. The average molecular weight is 356 g/mol. The molecule has 5 nitrogen and oxygen atoms in total. The number of methoxy groups -OCH3 is 1. The van der Waals surface area contributed by atoms with Gasteiger partial charge in [0.1, 0.15) is 28.9 Å². The lowest BCUT2D eigenvalue weighted by molar-refractivity contribution is 0.0370. The number of benzene rings is 1. The molecule has 0 amide bonds. The van der Waals surface area contributed by atoms with Crippen LogP contribution in [0.15, 0.2) is 48.8 Å². The molecule has 6 heteroatoms. The van der Waals surface area contributed by atoms with Crippen LogP contribution in [-0.2, 0) is 4.74 Å². The quantitative estimate of drug-likeness (QED) is 0.656. The topological polar surface area (TPSA) is 56.3 Å². The molecule has 1 aromatic carbocycles. The molecule has 1 aliphatic carbocycles. The average Bonchev–Trinajstić information content (AvgIpc) is 3.42. The number of ether oxygens (including phenoxy) is 2. The lowest BCUT2D eigenvalue weighted by Gasteiger charge is -2.15. The Morgan fingerprint density at radius 2 is 2.04 bits per heavy atom. The molecule has 4 rings (SSSR count). The van der Waals surface area contributed by atoms with Crippen LogP contribution in [-0.4, -0.2) is 29.3 Å². The second kappa shape index (κ2) is 6.50. The van der Waals surface area contributed by atoms with Gasteiger partial charge in [-0.05, 0) is 54.6 Å². The van der Waals surface area contributed by atoms with Crippen molar-refractivity contribution in [2.45, 2.75) is 18.4 Å². The normalized spacial score (nSPS) is 15.1. The number of pyridine rings is 2. The van der Waals surface area contributed by atoms with Gasteiger partial charge in [0.2, 0.25) is 0 Å². The third kappa shape index (κ3) is 3.52. The number of nitrogens with zero attached hydrogens (tertiary/aromatic N) is 2. The molecule has 0 radical (unpaired) electrons. The smallest absolute Gasteiger partial charge is 0.138 e. The maximum atomic E-state index is 5.91. The summed E-state index contributed by atoms with van der Waals surface area (Å²) in [6, 6.07) is 11.6. The number of anilines is 2. The Hall–Kier alpha value is -2.37. The molecule has 2 aromatic heterocycles. The first-order chi connectivity index (χ1) is 12.2. The van der Waals surface area contributed by atoms with E-state index < -0.39 is 0 Å². The Balaban J connectivity index is 1.56. The van der Waals surface area contributed by atoms with Crippen molar-refractivity contribution in [3.8, 4) is 5.75 Å². The third-order valence-electron chi connectivity index (χ3n) is 4.47. The predicted octanol–water partition coefficient (Wildman–Crippen LogP) is 4.58. The number of hydrogen-bond acceptors (Lipinski definition) is 5. The van der Waals surface area contributed by atoms with Crippen molar-refractivity contribution in [1.82, 2.24) is 9.97 Å². The van der Waals surface area contributed by atoms with Gasteiger partial charge in [-0.2, -0.15) is 0 Å². The van der Waals surface area contributed by atoms with E-state index >= 15 is 0 Å². The van der Waals surface area contributed by atoms with E-state index in [1.807, 2.05) is 30.3 Å². The maximum Gasteiger partial charge on any atom is 0.138 e. The van der Waals surface area contributed by atoms with Gasteiger partial charge in [-0.25, -0.2) is 9.97 Å². The second-order valence-electron chi connectivity index (χ2n) is 6.21. The minimum Gasteiger partial charge on any atom is -0.491 e. The van der Waals surface area contributed by atoms with Gasteiger partial charge >= 0.3 is 0 Å². The van der Waals surface area contributed by atoms with E-state index in [0.717, 1.165) is 40.9 Å². The Morgan fingerprint density at radius 3 is 2.76 bits per heavy atom. The summed E-state index contributed by atoms with van der Waals surface area (Å²) in [5.41, 5.74) is 0.752. The van der Waals surface area contributed by atoms with E-state index in [0.29, 0.717) is 11.8 Å². The summed E-state index contributed by atoms with van der Waals surface area (Å²) >= 11 is 5.83. The van der Waals surface area contributed by atoms with Crippen molar-refractivity contribution >= 4 is 33.9 Å². The molecule has 1 fully saturated rings. The van der Waals surface area contributed by atoms with Crippen LogP contribution in [0.25, 0.3) is 10.8 Å². The van der Waals surface area contributed by atoms with Crippen LogP contribution in [0.2, 0.25) is 5.15 Å². The van der Waals surface area contributed by atoms with Crippen LogP contribution in [0.3, 0.4) is 0 Å². The highest BCUT2D eigenvalue weighted by Crippen LogP contribution is 2.39. The van der Waals surface area contributed by atoms with Gasteiger partial charge < -0.3 is 14.8 Å². The zero-order valence-corrected chi connectivity index (χ0v) is 14.6. The molecule has 128 valence electrons. The lowest BCUT2D eigenvalue weighted by Crippen LogP contribution is -2.21. The van der Waals surface area contributed by atoms with Crippen LogP contribution < -0.4 is 10.1 Å². The monoisotopic (exact) mass is 355 g/mol. The fourth-order valence-electron chi connectivity index (χ4n) is 2.69. The van der Waals surface area contributed by atoms with Crippen LogP contribution in [0, 0.1) is 0 Å². The first-order valence-corrected chi connectivity index (χ1v) is 8.51. The highest BCUT2D eigenvalue weighted by Gasteiger charge is 2.44. The molecule has 25 heavy (non-hydrogen) atoms. The van der Waals surface area contributed by atoms with E-state index in [2.05, 4.69) is 15.3 Å². The summed E-state index contributed by atoms with van der Waals surface area (Å²) in [5.74, 6) is 1.60. The third-order valence-corrected chi connectivity index (χ3v) is 4.69. The van der Waals surface area contributed by atoms with E-state index in [1.54, 1.807) is 25.6 Å². The summed E-state index contributed by atoms with van der Waals surface area (Å²) in [7, 11) is 1.74. The van der Waals surface area contributed by atoms with Crippen molar-refractivity contribution in [1.29, 1.82) is 0 Å². The summed E-state index contributed by atoms with van der Waals surface area (Å²) in [5, 5.41) is 5.80. The molecule has 3 aromatic rings. The van der Waals surface area contributed by atoms with Crippen LogP contribution in [0.4, 0.5) is 11.5 Å². The van der Waals surface area contributed by atoms with Crippen LogP contribution in [0.1, 0.15) is 12.8 Å². The molecular formula is C19H18ClN3O2. The van der Waals surface area contributed by atoms with Gasteiger partial charge in [-0.1, -0.05) is 11.6 Å². The zero-order chi connectivity index (χ0) is 17.3. The molecule has 0 bridgehead atoms. The Bertz CT molecular complexity index is 895. The predicted molar refractivity (Wildman–Crippen MR) is 98.7 cm³/mol. The van der Waals surface area contributed by atoms with Gasteiger partial charge in [0.15, 0.2) is 0 Å². The van der Waals surface area contributed by atoms with Crippen molar-refractivity contribution < 1.29 is 9.47 Å². The minimum absolute atomic E-state index is 0.0818. The van der Waals surface area contributed by atoms with Gasteiger partial charge in [0.25, 0.3) is 0 Å². The van der Waals surface area contributed by atoms with Crippen molar-refractivity contribution in [2.75, 3.05) is 19.0 Å². The first-order valence-electron chi connectivity index (χ1n) is 8.13. The van der Waals surface area contributed by atoms with Gasteiger partial charge in [0.05, 0.1) is 11.9 Å². The standard InChI is InChI=1S/C19H18ClN3O2/c1-24-19(7-8-19)12-25-15-3-4-16-13(10-15)6-9-21-18(16)23-14-2-5-17(20)22-11-14/h2-6,9-11H,7-8,12H2,1H3,(H,21,23). The van der Waals surface area contributed by atoms with E-state index in [-0.39, 0.29) is 5.60 Å². The van der Waals surface area contributed by atoms with Gasteiger partial charge in [-0.3, -0.25) is 0 Å². The Kier molecular flexibility index (Phi) is 4.19. The summed E-state index contributed by atoms with van der Waals surface area (Å²) in [6.07, 6.45) is 5.57. The first kappa shape index (κ1) is 16.1. The maximum absolute atomic E-state index is 5.91. The SMILES string of the molecule is COC1(COc2ccc3c(Nc4ccc(Cl)nc4)nccc3c2)CC1. The molecule has 2 heterocycles. The summed E-state index contributed by atoms with van der Waals surface area (Å²) < 4.78 is 11.4. The number of fused-ring (bicyclic) bond motifs is 1. The van der Waals surface area contributed by atoms with Crippen LogP contribution >= 0.6 is 11.6 Å². The summed E-state index contributed by atoms with van der Waals surface area (Å²) in [4.78, 5) is 8.50. The second-order valence-corrected chi connectivity index (χ2v) is 6.60. The molecule has 0 atom stereocenters. The highest BCUT2D eigenvalue weighted by molar-refractivity contribution is 6.29. The largest absolute Gasteiger partial charge is 0.491 e. The molecule has 0 spiro atoms. The molecular weight excluding hydrogens is 338 g/mol. The van der Waals surface area contributed by atoms with E-state index in [1.165, 1.54) is 0 Å². The van der Waals surface area contributed by atoms with E-state index in [4.69, 9.17) is 21.1 Å². The number of hydrogen-bond donors (Lipinski definition) is 1. The van der Waals surface area contributed by atoms with Gasteiger partial charge in [0, 0.05) is 18.7 Å². The number of rotatable bonds is 6. The lowest BCUT2D eigenvalue weighted by atomic mass is 10.1. The summed E-state index contributed by atoms with van der Waals surface area (Å²) in [6.45, 7) is 0.585. The number of nitrogens with one attached hydrogen (secondary N) is 1. The number of aromatic nitrogens is 2. The highest BCUT2D eigenvalue weighted by atomic mass is 35.5. The molecule has 1 saturated carbocycles. The Morgan fingerprint density at radius 1 is 1.16 bits per heavy atom. The molecule has 0 unspecified atom stereocenters. The van der Waals surface area contributed by atoms with Crippen molar-refractivity contribution in [3.05, 3.63) is 53.9 Å². The molecule has 0 aliphatic heterocycles. The van der Waals surface area contributed by atoms with Crippen molar-refractivity contribution in [3.63, 3.8) is 0 Å². The van der Waals surface area contributed by atoms with Crippen molar-refractivity contribution in [2.24, 2.45) is 0 Å². The van der Waals surface area contributed by atoms with Crippen LogP contribution in [0.5, 0.6) is 5.75 Å². The fraction of sp³-hybridized carbons (Fsp3) is 0.263. The number of halogens is 1. The van der Waals surface area contributed by atoms with E-state index in [9.17, 15) is 0 Å². The van der Waals surface area contributed by atoms with Gasteiger partial charge in [-0.15, -0.1) is 0 Å².